The summed E-state index contributed by atoms with van der Waals surface area (Å²) in [6.07, 6.45) is 3.85. The second-order valence-corrected chi connectivity index (χ2v) is 8.32. The molecule has 0 unspecified atom stereocenters. The lowest BCUT2D eigenvalue weighted by Gasteiger charge is -2.26. The molecular formula is C26H33N3O2. The van der Waals surface area contributed by atoms with Gasteiger partial charge in [0.25, 0.3) is 5.91 Å². The molecule has 0 aliphatic carbocycles. The molecule has 1 aromatic heterocycles. The number of nitrogens with zero attached hydrogens (tertiary/aromatic N) is 2. The maximum atomic E-state index is 13.2. The average molecular weight is 420 g/mol. The van der Waals surface area contributed by atoms with E-state index in [2.05, 4.69) is 46.0 Å². The van der Waals surface area contributed by atoms with E-state index in [9.17, 15) is 4.79 Å². The summed E-state index contributed by atoms with van der Waals surface area (Å²) in [4.78, 5) is 15.7. The summed E-state index contributed by atoms with van der Waals surface area (Å²) < 4.78 is 7.97. The molecule has 5 heteroatoms. The van der Waals surface area contributed by atoms with Gasteiger partial charge < -0.3 is 19.5 Å². The Morgan fingerprint density at radius 3 is 2.65 bits per heavy atom. The number of aromatic nitrogens is 1. The molecule has 1 N–H and O–H groups in total. The second kappa shape index (κ2) is 10.0. The Labute approximate surface area is 185 Å². The van der Waals surface area contributed by atoms with Gasteiger partial charge in [-0.1, -0.05) is 36.8 Å². The van der Waals surface area contributed by atoms with Crippen LogP contribution in [0.2, 0.25) is 0 Å². The van der Waals surface area contributed by atoms with Crippen molar-refractivity contribution in [1.29, 1.82) is 0 Å². The number of carbonyl (C=O) groups excluding carboxylic acids is 1. The number of likely N-dealkylation sites (tertiary alicyclic amines) is 1. The summed E-state index contributed by atoms with van der Waals surface area (Å²) in [6, 6.07) is 16.4. The van der Waals surface area contributed by atoms with Gasteiger partial charge in [0.1, 0.15) is 11.4 Å². The standard InChI is InChI=1S/C26H33N3O2/c1-3-31-25-13-9-12-23-22(25)18-24(29(23)19-21-11-6-5-10-20(21)2)26(30)27-14-17-28-15-7-4-8-16-28/h5-6,9-13,18H,3-4,7-8,14-17,19H2,1-2H3,(H,27,30). The normalized spacial score (nSPS) is 14.6. The Kier molecular flexibility index (Phi) is 6.92. The quantitative estimate of drug-likeness (QED) is 0.580. The lowest BCUT2D eigenvalue weighted by atomic mass is 10.1. The van der Waals surface area contributed by atoms with Crippen molar-refractivity contribution in [3.63, 3.8) is 0 Å². The number of hydrogen-bond donors (Lipinski definition) is 1. The Balaban J connectivity index is 1.61. The molecule has 1 saturated heterocycles. The Hall–Kier alpha value is -2.79. The van der Waals surface area contributed by atoms with Crippen LogP contribution in [0.15, 0.2) is 48.5 Å². The highest BCUT2D eigenvalue weighted by Crippen LogP contribution is 2.30. The number of rotatable bonds is 8. The van der Waals surface area contributed by atoms with E-state index in [-0.39, 0.29) is 5.91 Å². The predicted octanol–water partition coefficient (Wildman–Crippen LogP) is 4.61. The number of piperidine rings is 1. The first-order valence-electron chi connectivity index (χ1n) is 11.5. The monoisotopic (exact) mass is 419 g/mol. The third-order valence-corrected chi connectivity index (χ3v) is 6.19. The van der Waals surface area contributed by atoms with Crippen LogP contribution in [-0.2, 0) is 6.54 Å². The van der Waals surface area contributed by atoms with Gasteiger partial charge >= 0.3 is 0 Å². The van der Waals surface area contributed by atoms with Crippen LogP contribution in [0, 0.1) is 6.92 Å². The number of nitrogens with one attached hydrogen (secondary N) is 1. The third-order valence-electron chi connectivity index (χ3n) is 6.19. The summed E-state index contributed by atoms with van der Waals surface area (Å²) in [5.74, 6) is 0.801. The first-order valence-corrected chi connectivity index (χ1v) is 11.5. The van der Waals surface area contributed by atoms with Gasteiger partial charge in [-0.15, -0.1) is 0 Å². The first-order chi connectivity index (χ1) is 15.2. The van der Waals surface area contributed by atoms with Gasteiger partial charge in [-0.2, -0.15) is 0 Å². The molecule has 0 saturated carbocycles. The van der Waals surface area contributed by atoms with Crippen LogP contribution in [0.5, 0.6) is 5.75 Å². The fourth-order valence-corrected chi connectivity index (χ4v) is 4.46. The maximum absolute atomic E-state index is 13.2. The summed E-state index contributed by atoms with van der Waals surface area (Å²) in [5, 5.41) is 4.14. The lowest BCUT2D eigenvalue weighted by molar-refractivity contribution is 0.0938. The zero-order valence-corrected chi connectivity index (χ0v) is 18.7. The smallest absolute Gasteiger partial charge is 0.268 e. The molecule has 1 amide bonds. The second-order valence-electron chi connectivity index (χ2n) is 8.32. The molecule has 5 nitrogen and oxygen atoms in total. The highest BCUT2D eigenvalue weighted by molar-refractivity contribution is 6.00. The minimum absolute atomic E-state index is 0.0238. The fourth-order valence-electron chi connectivity index (χ4n) is 4.46. The molecule has 31 heavy (non-hydrogen) atoms. The van der Waals surface area contributed by atoms with Crippen molar-refractivity contribution < 1.29 is 9.53 Å². The Morgan fingerprint density at radius 2 is 1.87 bits per heavy atom. The molecule has 2 aromatic carbocycles. The zero-order valence-electron chi connectivity index (χ0n) is 18.7. The Morgan fingerprint density at radius 1 is 1.06 bits per heavy atom. The van der Waals surface area contributed by atoms with Crippen molar-refractivity contribution in [2.75, 3.05) is 32.8 Å². The largest absolute Gasteiger partial charge is 0.493 e. The summed E-state index contributed by atoms with van der Waals surface area (Å²) >= 11 is 0. The number of ether oxygens (including phenoxy) is 1. The molecule has 1 fully saturated rings. The van der Waals surface area contributed by atoms with Crippen LogP contribution in [0.1, 0.15) is 47.8 Å². The first kappa shape index (κ1) is 21.4. The van der Waals surface area contributed by atoms with Crippen molar-refractivity contribution >= 4 is 16.8 Å². The highest BCUT2D eigenvalue weighted by atomic mass is 16.5. The Bertz CT molecular complexity index is 1030. The van der Waals surface area contributed by atoms with Crippen molar-refractivity contribution in [3.05, 3.63) is 65.4 Å². The van der Waals surface area contributed by atoms with Crippen molar-refractivity contribution in [2.24, 2.45) is 0 Å². The number of carbonyl (C=O) groups is 1. The van der Waals surface area contributed by atoms with Crippen LogP contribution < -0.4 is 10.1 Å². The molecule has 1 aliphatic heterocycles. The van der Waals surface area contributed by atoms with E-state index < -0.39 is 0 Å². The minimum atomic E-state index is -0.0238. The van der Waals surface area contributed by atoms with Gasteiger partial charge in [-0.3, -0.25) is 4.79 Å². The van der Waals surface area contributed by atoms with Gasteiger partial charge in [0.2, 0.25) is 0 Å². The van der Waals surface area contributed by atoms with Crippen LogP contribution >= 0.6 is 0 Å². The van der Waals surface area contributed by atoms with Gasteiger partial charge in [0, 0.05) is 25.0 Å². The summed E-state index contributed by atoms with van der Waals surface area (Å²) in [5.41, 5.74) is 4.14. The van der Waals surface area contributed by atoms with Gasteiger partial charge in [-0.05, 0) is 69.1 Å². The minimum Gasteiger partial charge on any atom is -0.493 e. The van der Waals surface area contributed by atoms with E-state index in [4.69, 9.17) is 4.74 Å². The van der Waals surface area contributed by atoms with Crippen molar-refractivity contribution in [1.82, 2.24) is 14.8 Å². The van der Waals surface area contributed by atoms with E-state index in [1.807, 2.05) is 31.2 Å². The molecule has 4 rings (SSSR count). The molecule has 0 atom stereocenters. The molecule has 1 aliphatic rings. The van der Waals surface area contributed by atoms with Crippen molar-refractivity contribution in [3.8, 4) is 5.75 Å². The van der Waals surface area contributed by atoms with E-state index in [0.717, 1.165) is 36.3 Å². The van der Waals surface area contributed by atoms with Gasteiger partial charge in [0.05, 0.1) is 12.1 Å². The van der Waals surface area contributed by atoms with Crippen LogP contribution in [-0.4, -0.2) is 48.2 Å². The average Bonchev–Trinajstić information content (AvgIpc) is 3.16. The lowest BCUT2D eigenvalue weighted by Crippen LogP contribution is -2.38. The van der Waals surface area contributed by atoms with E-state index in [1.165, 1.54) is 30.4 Å². The molecular weight excluding hydrogens is 386 g/mol. The molecule has 3 aromatic rings. The molecule has 164 valence electrons. The highest BCUT2D eigenvalue weighted by Gasteiger charge is 2.19. The zero-order chi connectivity index (χ0) is 21.6. The molecule has 0 spiro atoms. The SMILES string of the molecule is CCOc1cccc2c1cc(C(=O)NCCN1CCCCC1)n2Cc1ccccc1C. The predicted molar refractivity (Wildman–Crippen MR) is 126 cm³/mol. The number of fused-ring (bicyclic) bond motifs is 1. The molecule has 2 heterocycles. The topological polar surface area (TPSA) is 46.5 Å². The van der Waals surface area contributed by atoms with Crippen LogP contribution in [0.3, 0.4) is 0 Å². The van der Waals surface area contributed by atoms with Gasteiger partial charge in [0.15, 0.2) is 0 Å². The third kappa shape index (κ3) is 4.93. The van der Waals surface area contributed by atoms with Crippen LogP contribution in [0.4, 0.5) is 0 Å². The maximum Gasteiger partial charge on any atom is 0.268 e. The van der Waals surface area contributed by atoms with E-state index in [1.54, 1.807) is 0 Å². The number of aryl methyl sites for hydroxylation is 1. The number of hydrogen-bond acceptors (Lipinski definition) is 3. The van der Waals surface area contributed by atoms with E-state index in [0.29, 0.717) is 25.4 Å². The summed E-state index contributed by atoms with van der Waals surface area (Å²) in [7, 11) is 0. The molecule has 0 bridgehead atoms. The molecule has 0 radical (unpaired) electrons. The number of benzene rings is 2. The fraction of sp³-hybridized carbons (Fsp3) is 0.423. The van der Waals surface area contributed by atoms with E-state index >= 15 is 0 Å². The summed E-state index contributed by atoms with van der Waals surface area (Å²) in [6.45, 7) is 9.21. The van der Waals surface area contributed by atoms with Crippen molar-refractivity contribution in [2.45, 2.75) is 39.7 Å². The van der Waals surface area contributed by atoms with Gasteiger partial charge in [-0.25, -0.2) is 0 Å². The number of amides is 1. The van der Waals surface area contributed by atoms with Crippen LogP contribution in [0.25, 0.3) is 10.9 Å².